The van der Waals surface area contributed by atoms with E-state index >= 15 is 0 Å². The molecule has 0 spiro atoms. The largest absolute Gasteiger partial charge is 0.384 e. The van der Waals surface area contributed by atoms with E-state index in [9.17, 15) is 0 Å². The summed E-state index contributed by atoms with van der Waals surface area (Å²) in [7, 11) is 0. The second-order valence-electron chi connectivity index (χ2n) is 4.86. The van der Waals surface area contributed by atoms with Crippen LogP contribution in [0.4, 0.5) is 0 Å². The topological polar surface area (TPSA) is 93.5 Å². The van der Waals surface area contributed by atoms with Crippen molar-refractivity contribution in [2.45, 2.75) is 33.6 Å². The van der Waals surface area contributed by atoms with Crippen molar-refractivity contribution in [1.82, 2.24) is 20.0 Å². The van der Waals surface area contributed by atoms with Gasteiger partial charge in [0.05, 0.1) is 17.0 Å². The van der Waals surface area contributed by atoms with Crippen LogP contribution in [0.25, 0.3) is 5.82 Å². The SMILES string of the molecule is Cc1nnc(-n2ccc(C(C)C)n2)c(C(=N)N)c1C. The van der Waals surface area contributed by atoms with Gasteiger partial charge in [-0.2, -0.15) is 10.2 Å². The molecule has 0 saturated carbocycles. The Morgan fingerprint density at radius 3 is 2.53 bits per heavy atom. The van der Waals surface area contributed by atoms with Crippen molar-refractivity contribution in [3.8, 4) is 5.82 Å². The summed E-state index contributed by atoms with van der Waals surface area (Å²) < 4.78 is 1.63. The van der Waals surface area contributed by atoms with Crippen molar-refractivity contribution in [2.24, 2.45) is 5.73 Å². The van der Waals surface area contributed by atoms with Gasteiger partial charge in [0.25, 0.3) is 0 Å². The molecule has 0 aromatic carbocycles. The number of aromatic nitrogens is 4. The van der Waals surface area contributed by atoms with E-state index < -0.39 is 0 Å². The van der Waals surface area contributed by atoms with Gasteiger partial charge in [0.15, 0.2) is 5.82 Å². The minimum atomic E-state index is -0.0212. The maximum absolute atomic E-state index is 7.72. The molecule has 0 aliphatic carbocycles. The normalized spacial score (nSPS) is 11.0. The molecule has 3 N–H and O–H groups in total. The van der Waals surface area contributed by atoms with E-state index in [2.05, 4.69) is 29.1 Å². The fraction of sp³-hybridized carbons (Fsp3) is 0.385. The minimum Gasteiger partial charge on any atom is -0.384 e. The van der Waals surface area contributed by atoms with Crippen LogP contribution in [-0.4, -0.2) is 25.8 Å². The highest BCUT2D eigenvalue weighted by Gasteiger charge is 2.16. The van der Waals surface area contributed by atoms with Crippen molar-refractivity contribution in [3.63, 3.8) is 0 Å². The Morgan fingerprint density at radius 2 is 2.00 bits per heavy atom. The second kappa shape index (κ2) is 4.79. The Morgan fingerprint density at radius 1 is 1.32 bits per heavy atom. The Kier molecular flexibility index (Phi) is 3.33. The summed E-state index contributed by atoms with van der Waals surface area (Å²) in [6.07, 6.45) is 1.82. The van der Waals surface area contributed by atoms with E-state index in [0.717, 1.165) is 17.0 Å². The van der Waals surface area contributed by atoms with Crippen LogP contribution in [0.2, 0.25) is 0 Å². The van der Waals surface area contributed by atoms with Crippen molar-refractivity contribution >= 4 is 5.84 Å². The average Bonchev–Trinajstić information content (AvgIpc) is 2.81. The van der Waals surface area contributed by atoms with E-state index in [4.69, 9.17) is 11.1 Å². The molecule has 0 unspecified atom stereocenters. The average molecular weight is 258 g/mol. The third-order valence-electron chi connectivity index (χ3n) is 3.12. The van der Waals surface area contributed by atoms with Crippen LogP contribution in [0.1, 0.15) is 42.3 Å². The molecule has 2 heterocycles. The monoisotopic (exact) mass is 258 g/mol. The zero-order chi connectivity index (χ0) is 14.2. The van der Waals surface area contributed by atoms with Gasteiger partial charge in [-0.3, -0.25) is 5.41 Å². The molecule has 0 aliphatic rings. The molecular weight excluding hydrogens is 240 g/mol. The summed E-state index contributed by atoms with van der Waals surface area (Å²) in [5.41, 5.74) is 8.85. The first kappa shape index (κ1) is 13.2. The van der Waals surface area contributed by atoms with E-state index in [-0.39, 0.29) is 5.84 Å². The Balaban J connectivity index is 2.61. The van der Waals surface area contributed by atoms with Gasteiger partial charge in [-0.05, 0) is 31.4 Å². The molecule has 0 atom stereocenters. The van der Waals surface area contributed by atoms with Crippen LogP contribution in [0, 0.1) is 19.3 Å². The highest BCUT2D eigenvalue weighted by atomic mass is 15.3. The van der Waals surface area contributed by atoms with Gasteiger partial charge in [0.1, 0.15) is 5.84 Å². The number of nitrogen functional groups attached to an aromatic ring is 1. The van der Waals surface area contributed by atoms with Crippen LogP contribution in [0.15, 0.2) is 12.3 Å². The lowest BCUT2D eigenvalue weighted by molar-refractivity contribution is 0.741. The molecule has 0 bridgehead atoms. The van der Waals surface area contributed by atoms with Crippen LogP contribution in [0.5, 0.6) is 0 Å². The van der Waals surface area contributed by atoms with Crippen molar-refractivity contribution in [1.29, 1.82) is 5.41 Å². The lowest BCUT2D eigenvalue weighted by Crippen LogP contribution is -2.20. The van der Waals surface area contributed by atoms with Gasteiger partial charge >= 0.3 is 0 Å². The lowest BCUT2D eigenvalue weighted by Gasteiger charge is -2.11. The molecule has 0 saturated heterocycles. The Labute approximate surface area is 112 Å². The van der Waals surface area contributed by atoms with Crippen LogP contribution in [-0.2, 0) is 0 Å². The molecule has 6 heteroatoms. The first-order valence-electron chi connectivity index (χ1n) is 6.16. The third kappa shape index (κ3) is 2.33. The summed E-state index contributed by atoms with van der Waals surface area (Å²) in [6, 6.07) is 1.94. The molecule has 100 valence electrons. The molecule has 0 radical (unpaired) electrons. The van der Waals surface area contributed by atoms with E-state index in [1.165, 1.54) is 0 Å². The molecule has 0 amide bonds. The number of aryl methyl sites for hydroxylation is 1. The number of rotatable bonds is 3. The van der Waals surface area contributed by atoms with Crippen LogP contribution in [0.3, 0.4) is 0 Å². The first-order chi connectivity index (χ1) is 8.91. The minimum absolute atomic E-state index is 0.0212. The maximum Gasteiger partial charge on any atom is 0.186 e. The van der Waals surface area contributed by atoms with Crippen LogP contribution < -0.4 is 5.73 Å². The molecular formula is C13H18N6. The molecule has 6 nitrogen and oxygen atoms in total. The van der Waals surface area contributed by atoms with Crippen molar-refractivity contribution < 1.29 is 0 Å². The van der Waals surface area contributed by atoms with Crippen LogP contribution >= 0.6 is 0 Å². The van der Waals surface area contributed by atoms with E-state index in [0.29, 0.717) is 17.3 Å². The molecule has 19 heavy (non-hydrogen) atoms. The number of nitrogens with two attached hydrogens (primary N) is 1. The highest BCUT2D eigenvalue weighted by molar-refractivity contribution is 5.99. The summed E-state index contributed by atoms with van der Waals surface area (Å²) in [6.45, 7) is 7.88. The van der Waals surface area contributed by atoms with Gasteiger partial charge in [-0.25, -0.2) is 4.68 Å². The fourth-order valence-electron chi connectivity index (χ4n) is 1.84. The fourth-order valence-corrected chi connectivity index (χ4v) is 1.84. The Bertz CT molecular complexity index is 626. The number of hydrogen-bond acceptors (Lipinski definition) is 4. The highest BCUT2D eigenvalue weighted by Crippen LogP contribution is 2.18. The second-order valence-corrected chi connectivity index (χ2v) is 4.86. The summed E-state index contributed by atoms with van der Waals surface area (Å²) in [4.78, 5) is 0. The molecule has 0 aliphatic heterocycles. The van der Waals surface area contributed by atoms with Gasteiger partial charge in [-0.1, -0.05) is 13.8 Å². The quantitative estimate of drug-likeness (QED) is 0.647. The zero-order valence-electron chi connectivity index (χ0n) is 11.6. The smallest absolute Gasteiger partial charge is 0.186 e. The maximum atomic E-state index is 7.72. The predicted molar refractivity (Wildman–Crippen MR) is 73.7 cm³/mol. The molecule has 2 rings (SSSR count). The molecule has 2 aromatic rings. The van der Waals surface area contributed by atoms with Gasteiger partial charge in [0.2, 0.25) is 0 Å². The standard InChI is InChI=1S/C13H18N6/c1-7(2)10-5-6-19(18-10)13-11(12(14)15)8(3)9(4)16-17-13/h5-7H,1-4H3,(H3,14,15). The summed E-state index contributed by atoms with van der Waals surface area (Å²) in [5.74, 6) is 0.816. The molecule has 2 aromatic heterocycles. The van der Waals surface area contributed by atoms with Crippen molar-refractivity contribution in [2.75, 3.05) is 0 Å². The van der Waals surface area contributed by atoms with E-state index in [1.54, 1.807) is 4.68 Å². The predicted octanol–water partition coefficient (Wildman–Crippen LogP) is 1.69. The summed E-state index contributed by atoms with van der Waals surface area (Å²) >= 11 is 0. The lowest BCUT2D eigenvalue weighted by atomic mass is 10.1. The van der Waals surface area contributed by atoms with Gasteiger partial charge in [-0.15, -0.1) is 5.10 Å². The third-order valence-corrected chi connectivity index (χ3v) is 3.12. The zero-order valence-corrected chi connectivity index (χ0v) is 11.6. The number of nitrogens with zero attached hydrogens (tertiary/aromatic N) is 4. The van der Waals surface area contributed by atoms with Gasteiger partial charge < -0.3 is 5.73 Å². The van der Waals surface area contributed by atoms with Gasteiger partial charge in [0, 0.05) is 6.20 Å². The number of hydrogen-bond donors (Lipinski definition) is 2. The summed E-state index contributed by atoms with van der Waals surface area (Å²) in [5, 5.41) is 20.4. The first-order valence-corrected chi connectivity index (χ1v) is 6.16. The number of nitrogens with one attached hydrogen (secondary N) is 1. The van der Waals surface area contributed by atoms with Crippen molar-refractivity contribution in [3.05, 3.63) is 34.8 Å². The Hall–Kier alpha value is -2.24. The van der Waals surface area contributed by atoms with E-state index in [1.807, 2.05) is 26.1 Å². The number of amidine groups is 1. The molecule has 0 fully saturated rings.